The predicted molar refractivity (Wildman–Crippen MR) is 98.8 cm³/mol. The highest BCUT2D eigenvalue weighted by molar-refractivity contribution is 5.89. The van der Waals surface area contributed by atoms with Gasteiger partial charge in [-0.1, -0.05) is 19.9 Å². The van der Waals surface area contributed by atoms with Crippen LogP contribution in [-0.2, 0) is 16.0 Å². The molecule has 1 unspecified atom stereocenters. The van der Waals surface area contributed by atoms with E-state index in [2.05, 4.69) is 20.9 Å². The Hall–Kier alpha value is -1.99. The van der Waals surface area contributed by atoms with Crippen molar-refractivity contribution in [3.63, 3.8) is 0 Å². The summed E-state index contributed by atoms with van der Waals surface area (Å²) in [6.07, 6.45) is 2.37. The van der Waals surface area contributed by atoms with Crippen molar-refractivity contribution in [3.8, 4) is 0 Å². The van der Waals surface area contributed by atoms with E-state index < -0.39 is 12.1 Å². The van der Waals surface area contributed by atoms with E-state index in [1.807, 2.05) is 39.0 Å². The Balaban J connectivity index is 2.45. The van der Waals surface area contributed by atoms with Gasteiger partial charge >= 0.3 is 0 Å². The first-order chi connectivity index (χ1) is 11.8. The van der Waals surface area contributed by atoms with Gasteiger partial charge in [0.1, 0.15) is 6.04 Å². The summed E-state index contributed by atoms with van der Waals surface area (Å²) in [5, 5.41) is 8.68. The van der Waals surface area contributed by atoms with E-state index in [0.717, 1.165) is 5.69 Å². The Morgan fingerprint density at radius 2 is 1.92 bits per heavy atom. The summed E-state index contributed by atoms with van der Waals surface area (Å²) < 4.78 is 0. The van der Waals surface area contributed by atoms with E-state index in [0.29, 0.717) is 19.5 Å². The molecule has 7 nitrogen and oxygen atoms in total. The number of carbonyl (C=O) groups is 2. The van der Waals surface area contributed by atoms with Gasteiger partial charge in [0.25, 0.3) is 0 Å². The van der Waals surface area contributed by atoms with Gasteiger partial charge in [-0.3, -0.25) is 14.6 Å². The van der Waals surface area contributed by atoms with E-state index in [9.17, 15) is 9.59 Å². The Kier molecular flexibility index (Phi) is 9.08. The quantitative estimate of drug-likeness (QED) is 0.483. The molecule has 1 heterocycles. The molecule has 0 fully saturated rings. The zero-order valence-electron chi connectivity index (χ0n) is 15.6. The fourth-order valence-corrected chi connectivity index (χ4v) is 2.38. The molecule has 0 aliphatic heterocycles. The third-order valence-corrected chi connectivity index (χ3v) is 3.87. The average Bonchev–Trinajstić information content (AvgIpc) is 2.58. The van der Waals surface area contributed by atoms with Crippen LogP contribution in [0.5, 0.6) is 0 Å². The van der Waals surface area contributed by atoms with Crippen LogP contribution in [-0.4, -0.2) is 48.0 Å². The van der Waals surface area contributed by atoms with Crippen LogP contribution in [0.25, 0.3) is 0 Å². The Labute approximate surface area is 150 Å². The van der Waals surface area contributed by atoms with Crippen molar-refractivity contribution in [2.75, 3.05) is 13.1 Å². The van der Waals surface area contributed by atoms with Crippen LogP contribution in [0.2, 0.25) is 0 Å². The Morgan fingerprint density at radius 3 is 2.48 bits per heavy atom. The first-order valence-corrected chi connectivity index (χ1v) is 8.82. The second-order valence-electron chi connectivity index (χ2n) is 6.54. The largest absolute Gasteiger partial charge is 0.355 e. The molecule has 0 radical (unpaired) electrons. The van der Waals surface area contributed by atoms with Gasteiger partial charge in [0.2, 0.25) is 11.8 Å². The maximum Gasteiger partial charge on any atom is 0.242 e. The van der Waals surface area contributed by atoms with Gasteiger partial charge in [0.15, 0.2) is 0 Å². The van der Waals surface area contributed by atoms with Crippen molar-refractivity contribution < 1.29 is 9.59 Å². The van der Waals surface area contributed by atoms with Crippen LogP contribution in [0, 0.1) is 5.92 Å². The van der Waals surface area contributed by atoms with E-state index >= 15 is 0 Å². The van der Waals surface area contributed by atoms with Gasteiger partial charge in [-0.15, -0.1) is 0 Å². The minimum Gasteiger partial charge on any atom is -0.355 e. The second-order valence-corrected chi connectivity index (χ2v) is 6.54. The molecule has 0 aliphatic carbocycles. The van der Waals surface area contributed by atoms with Crippen molar-refractivity contribution in [3.05, 3.63) is 30.1 Å². The third kappa shape index (κ3) is 7.62. The number of rotatable bonds is 10. The van der Waals surface area contributed by atoms with Crippen LogP contribution in [0.3, 0.4) is 0 Å². The van der Waals surface area contributed by atoms with E-state index in [4.69, 9.17) is 5.73 Å². The first kappa shape index (κ1) is 21.1. The van der Waals surface area contributed by atoms with Crippen LogP contribution in [0.1, 0.15) is 33.4 Å². The van der Waals surface area contributed by atoms with Gasteiger partial charge in [-0.05, 0) is 31.9 Å². The van der Waals surface area contributed by atoms with Gasteiger partial charge < -0.3 is 21.7 Å². The summed E-state index contributed by atoms with van der Waals surface area (Å²) in [6.45, 7) is 8.44. The van der Waals surface area contributed by atoms with Gasteiger partial charge in [0, 0.05) is 37.4 Å². The predicted octanol–water partition coefficient (Wildman–Crippen LogP) is 0.206. The number of carbonyl (C=O) groups excluding carboxylic acids is 2. The zero-order chi connectivity index (χ0) is 18.8. The summed E-state index contributed by atoms with van der Waals surface area (Å²) in [4.78, 5) is 28.6. The summed E-state index contributed by atoms with van der Waals surface area (Å²) in [7, 11) is 0. The van der Waals surface area contributed by atoms with Gasteiger partial charge in [0.05, 0.1) is 6.04 Å². The molecular formula is C18H31N5O2. The number of hydrogen-bond donors (Lipinski definition) is 4. The fourth-order valence-electron chi connectivity index (χ4n) is 2.38. The topological polar surface area (TPSA) is 109 Å². The molecule has 7 heteroatoms. The number of nitrogens with zero attached hydrogens (tertiary/aromatic N) is 1. The molecule has 3 atom stereocenters. The molecule has 25 heavy (non-hydrogen) atoms. The first-order valence-electron chi connectivity index (χ1n) is 8.82. The molecule has 2 amide bonds. The number of pyridine rings is 1. The van der Waals surface area contributed by atoms with Crippen molar-refractivity contribution >= 4 is 11.8 Å². The lowest BCUT2D eigenvalue weighted by Gasteiger charge is -2.24. The lowest BCUT2D eigenvalue weighted by atomic mass is 10.0. The summed E-state index contributed by atoms with van der Waals surface area (Å²) >= 11 is 0. The van der Waals surface area contributed by atoms with Crippen molar-refractivity contribution in [1.29, 1.82) is 0 Å². The monoisotopic (exact) mass is 349 g/mol. The van der Waals surface area contributed by atoms with Crippen molar-refractivity contribution in [2.45, 2.75) is 52.2 Å². The SMILES string of the molecule is CCNC(=O)[C@@H](NC(=O)C(C)NC[C@@H](N)Cc1ccccn1)C(C)C. The van der Waals surface area contributed by atoms with Crippen LogP contribution in [0.4, 0.5) is 0 Å². The second kappa shape index (κ2) is 10.8. The summed E-state index contributed by atoms with van der Waals surface area (Å²) in [5.74, 6) is -0.367. The lowest BCUT2D eigenvalue weighted by Crippen LogP contribution is -2.55. The molecule has 0 saturated heterocycles. The van der Waals surface area contributed by atoms with Crippen LogP contribution in [0.15, 0.2) is 24.4 Å². The van der Waals surface area contributed by atoms with Gasteiger partial charge in [-0.2, -0.15) is 0 Å². The maximum atomic E-state index is 12.3. The fraction of sp³-hybridized carbons (Fsp3) is 0.611. The Bertz CT molecular complexity index is 536. The van der Waals surface area contributed by atoms with Gasteiger partial charge in [-0.25, -0.2) is 0 Å². The molecule has 1 aromatic heterocycles. The number of aromatic nitrogens is 1. The minimum atomic E-state index is -0.543. The summed E-state index contributed by atoms with van der Waals surface area (Å²) in [6, 6.07) is 4.58. The van der Waals surface area contributed by atoms with Crippen LogP contribution >= 0.6 is 0 Å². The lowest BCUT2D eigenvalue weighted by molar-refractivity contribution is -0.130. The molecule has 0 saturated carbocycles. The standard InChI is InChI=1S/C18H31N5O2/c1-5-20-18(25)16(12(2)3)23-17(24)13(4)22-11-14(19)10-15-8-6-7-9-21-15/h6-9,12-14,16,22H,5,10-11,19H2,1-4H3,(H,20,25)(H,23,24)/t13?,14-,16-/m0/s1. The molecule has 1 aromatic rings. The normalized spacial score (nSPS) is 14.6. The number of hydrogen-bond acceptors (Lipinski definition) is 5. The molecule has 0 aliphatic rings. The highest BCUT2D eigenvalue weighted by Crippen LogP contribution is 2.03. The molecule has 0 bridgehead atoms. The molecule has 5 N–H and O–H groups in total. The van der Waals surface area contributed by atoms with E-state index in [1.165, 1.54) is 0 Å². The highest BCUT2D eigenvalue weighted by atomic mass is 16.2. The number of nitrogens with one attached hydrogen (secondary N) is 3. The van der Waals surface area contributed by atoms with Crippen molar-refractivity contribution in [1.82, 2.24) is 20.9 Å². The molecule has 0 spiro atoms. The zero-order valence-corrected chi connectivity index (χ0v) is 15.6. The van der Waals surface area contributed by atoms with E-state index in [1.54, 1.807) is 13.1 Å². The smallest absolute Gasteiger partial charge is 0.242 e. The average molecular weight is 349 g/mol. The molecule has 140 valence electrons. The van der Waals surface area contributed by atoms with Crippen LogP contribution < -0.4 is 21.7 Å². The van der Waals surface area contributed by atoms with E-state index in [-0.39, 0.29) is 23.8 Å². The number of amides is 2. The molecule has 1 rings (SSSR count). The maximum absolute atomic E-state index is 12.3. The highest BCUT2D eigenvalue weighted by Gasteiger charge is 2.25. The number of nitrogens with two attached hydrogens (primary N) is 1. The molecule has 0 aromatic carbocycles. The number of likely N-dealkylation sites (N-methyl/N-ethyl adjacent to an activating group) is 1. The van der Waals surface area contributed by atoms with Crippen molar-refractivity contribution in [2.24, 2.45) is 11.7 Å². The Morgan fingerprint density at radius 1 is 1.20 bits per heavy atom. The molecular weight excluding hydrogens is 318 g/mol. The summed E-state index contributed by atoms with van der Waals surface area (Å²) in [5.41, 5.74) is 7.01. The third-order valence-electron chi connectivity index (χ3n) is 3.87. The minimum absolute atomic E-state index is 0.00844.